The molecule has 61 heavy (non-hydrogen) atoms. The molecule has 0 aliphatic rings. The maximum absolute atomic E-state index is 12.2. The molecule has 19 nitrogen and oxygen atoms in total. The summed E-state index contributed by atoms with van der Waals surface area (Å²) < 4.78 is 31.6. The first-order chi connectivity index (χ1) is 29.5. The fourth-order valence-corrected chi connectivity index (χ4v) is 5.84. The van der Waals surface area contributed by atoms with E-state index in [4.69, 9.17) is 38.6 Å². The van der Waals surface area contributed by atoms with E-state index in [-0.39, 0.29) is 109 Å². The minimum atomic E-state index is -1.18. The molecule has 2 atom stereocenters. The van der Waals surface area contributed by atoms with Gasteiger partial charge in [0.2, 0.25) is 17.7 Å². The van der Waals surface area contributed by atoms with E-state index >= 15 is 0 Å². The summed E-state index contributed by atoms with van der Waals surface area (Å²) in [6.45, 7) is 4.30. The van der Waals surface area contributed by atoms with Crippen LogP contribution in [0.3, 0.4) is 0 Å². The highest BCUT2D eigenvalue weighted by Gasteiger charge is 2.21. The second-order valence-electron chi connectivity index (χ2n) is 14.9. The second kappa shape index (κ2) is 43.8. The van der Waals surface area contributed by atoms with Gasteiger partial charge in [0.25, 0.3) is 0 Å². The molecule has 0 spiro atoms. The lowest BCUT2D eigenvalue weighted by Crippen LogP contribution is -2.44. The molecule has 0 aromatic rings. The number of Topliss-reactive ketones (excluding diaryl/α,β-unsaturated/α-hetero) is 1. The lowest BCUT2D eigenvalue weighted by molar-refractivity contribution is -0.141. The number of ketones is 1. The van der Waals surface area contributed by atoms with Crippen molar-refractivity contribution in [3.05, 3.63) is 0 Å². The number of nitrogens with one attached hydrogen (secondary N) is 4. The van der Waals surface area contributed by atoms with E-state index in [2.05, 4.69) is 21.3 Å². The maximum Gasteiger partial charge on any atom is 0.320 e. The monoisotopic (exact) mass is 881 g/mol. The number of aliphatic carboxylic acids is 1. The van der Waals surface area contributed by atoms with E-state index in [0.717, 1.165) is 44.9 Å². The fraction of sp³-hybridized carbons (Fsp3) is 0.881. The van der Waals surface area contributed by atoms with Crippen LogP contribution in [0.15, 0.2) is 0 Å². The third-order valence-corrected chi connectivity index (χ3v) is 9.13. The molecule has 0 radical (unpaired) electrons. The van der Waals surface area contributed by atoms with Crippen molar-refractivity contribution in [1.29, 1.82) is 0 Å². The first-order valence-electron chi connectivity index (χ1n) is 22.3. The Bertz CT molecular complexity index is 1090. The van der Waals surface area contributed by atoms with Gasteiger partial charge in [-0.05, 0) is 39.0 Å². The lowest BCUT2D eigenvalue weighted by Gasteiger charge is -2.19. The number of hydrogen-bond acceptors (Lipinski definition) is 15. The van der Waals surface area contributed by atoms with Gasteiger partial charge in [0, 0.05) is 26.1 Å². The van der Waals surface area contributed by atoms with Gasteiger partial charge < -0.3 is 64.8 Å². The van der Waals surface area contributed by atoms with E-state index in [9.17, 15) is 34.2 Å². The number of carbonyl (C=O) groups excluding carboxylic acids is 4. The number of carbonyl (C=O) groups is 5. The van der Waals surface area contributed by atoms with Gasteiger partial charge in [-0.1, -0.05) is 77.0 Å². The van der Waals surface area contributed by atoms with Gasteiger partial charge in [-0.25, -0.2) is 0 Å². The van der Waals surface area contributed by atoms with Crippen molar-refractivity contribution >= 4 is 29.5 Å². The molecule has 0 rings (SSSR count). The van der Waals surface area contributed by atoms with Gasteiger partial charge >= 0.3 is 5.97 Å². The van der Waals surface area contributed by atoms with Crippen molar-refractivity contribution in [1.82, 2.24) is 21.3 Å². The lowest BCUT2D eigenvalue weighted by atomic mass is 10.0. The van der Waals surface area contributed by atoms with Crippen LogP contribution in [0.5, 0.6) is 0 Å². The largest absolute Gasteiger partial charge is 0.480 e. The maximum atomic E-state index is 12.2. The van der Waals surface area contributed by atoms with Crippen molar-refractivity contribution in [2.75, 3.05) is 98.9 Å². The summed E-state index contributed by atoms with van der Waals surface area (Å²) in [5.74, 6) is -2.11. The molecule has 0 aromatic heterocycles. The zero-order chi connectivity index (χ0) is 45.0. The van der Waals surface area contributed by atoms with Crippen molar-refractivity contribution in [3.63, 3.8) is 0 Å². The Labute approximate surface area is 363 Å². The summed E-state index contributed by atoms with van der Waals surface area (Å²) in [5, 5.41) is 48.3. The quantitative estimate of drug-likeness (QED) is 0.0319. The van der Waals surface area contributed by atoms with Gasteiger partial charge in [-0.3, -0.25) is 29.3 Å². The summed E-state index contributed by atoms with van der Waals surface area (Å²) in [5.41, 5.74) is 0. The molecular weight excluding hydrogens is 800 g/mol. The Kier molecular flexibility index (Phi) is 41.7. The van der Waals surface area contributed by atoms with E-state index in [1.54, 1.807) is 0 Å². The summed E-state index contributed by atoms with van der Waals surface area (Å²) >= 11 is 0. The van der Waals surface area contributed by atoms with E-state index in [1.807, 2.05) is 0 Å². The smallest absolute Gasteiger partial charge is 0.320 e. The highest BCUT2D eigenvalue weighted by atomic mass is 16.5. The van der Waals surface area contributed by atoms with Crippen LogP contribution in [0.4, 0.5) is 0 Å². The minimum Gasteiger partial charge on any atom is -0.480 e. The summed E-state index contributed by atoms with van der Waals surface area (Å²) in [6, 6.07) is -1.04. The Morgan fingerprint density at radius 1 is 0.443 bits per heavy atom. The number of carboxylic acids is 1. The van der Waals surface area contributed by atoms with Gasteiger partial charge in [0.15, 0.2) is 12.1 Å². The average molecular weight is 881 g/mol. The van der Waals surface area contributed by atoms with Crippen LogP contribution in [0, 0.1) is 0 Å². The number of carboxylic acid groups (broad SMARTS) is 1. The number of aliphatic hydroxyl groups is 3. The van der Waals surface area contributed by atoms with Crippen molar-refractivity contribution in [2.24, 2.45) is 0 Å². The van der Waals surface area contributed by atoms with Gasteiger partial charge in [-0.15, -0.1) is 0 Å². The SMILES string of the molecule is CC(=O)COCCOCCNC(=O)COCCOCCNC(=O)COCCOCCNC(=O)CCC(NC(O)CCCCCCCCCCCCCCCCC(O)O)C(=O)O. The molecule has 0 aromatic carbocycles. The highest BCUT2D eigenvalue weighted by molar-refractivity contribution is 5.78. The number of hydrogen-bond donors (Lipinski definition) is 8. The van der Waals surface area contributed by atoms with Crippen LogP contribution in [-0.4, -0.2) is 167 Å². The molecule has 3 amide bonds. The predicted molar refractivity (Wildman–Crippen MR) is 227 cm³/mol. The molecule has 0 heterocycles. The Balaban J connectivity index is 3.62. The van der Waals surface area contributed by atoms with Crippen molar-refractivity contribution in [2.45, 2.75) is 141 Å². The van der Waals surface area contributed by atoms with E-state index < -0.39 is 24.5 Å². The number of unbranched alkanes of at least 4 members (excludes halogenated alkanes) is 13. The third-order valence-electron chi connectivity index (χ3n) is 9.13. The molecule has 2 unspecified atom stereocenters. The molecule has 0 fully saturated rings. The molecule has 0 aliphatic heterocycles. The van der Waals surface area contributed by atoms with E-state index in [1.165, 1.54) is 51.9 Å². The van der Waals surface area contributed by atoms with Crippen LogP contribution in [0.25, 0.3) is 0 Å². The predicted octanol–water partition coefficient (Wildman–Crippen LogP) is 1.72. The summed E-state index contributed by atoms with van der Waals surface area (Å²) in [4.78, 5) is 58.3. The Hall–Kier alpha value is -2.85. The average Bonchev–Trinajstić information content (AvgIpc) is 3.21. The minimum absolute atomic E-state index is 0.0234. The molecule has 0 aliphatic carbocycles. The molecule has 0 saturated heterocycles. The molecule has 358 valence electrons. The molecule has 8 N–H and O–H groups in total. The zero-order valence-electron chi connectivity index (χ0n) is 36.8. The van der Waals surface area contributed by atoms with Crippen molar-refractivity contribution < 1.29 is 72.8 Å². The van der Waals surface area contributed by atoms with Crippen LogP contribution >= 0.6 is 0 Å². The van der Waals surface area contributed by atoms with E-state index in [0.29, 0.717) is 39.2 Å². The summed E-state index contributed by atoms with van der Waals surface area (Å²) in [7, 11) is 0. The van der Waals surface area contributed by atoms with Gasteiger partial charge in [0.05, 0.1) is 59.5 Å². The van der Waals surface area contributed by atoms with Crippen LogP contribution < -0.4 is 21.3 Å². The van der Waals surface area contributed by atoms with Crippen molar-refractivity contribution in [3.8, 4) is 0 Å². The summed E-state index contributed by atoms with van der Waals surface area (Å²) in [6.07, 6.45) is 14.5. The molecule has 19 heteroatoms. The zero-order valence-corrected chi connectivity index (χ0v) is 36.8. The Morgan fingerprint density at radius 2 is 0.803 bits per heavy atom. The topological polar surface area (TPSA) is 270 Å². The first-order valence-corrected chi connectivity index (χ1v) is 22.3. The van der Waals surface area contributed by atoms with Crippen LogP contribution in [0.1, 0.15) is 122 Å². The number of ether oxygens (including phenoxy) is 6. The first kappa shape index (κ1) is 58.1. The second-order valence-corrected chi connectivity index (χ2v) is 14.9. The highest BCUT2D eigenvalue weighted by Crippen LogP contribution is 2.14. The molecule has 0 bridgehead atoms. The van der Waals surface area contributed by atoms with Crippen LogP contribution in [0.2, 0.25) is 0 Å². The molecule has 0 saturated carbocycles. The van der Waals surface area contributed by atoms with Crippen LogP contribution in [-0.2, 0) is 52.4 Å². The number of rotatable bonds is 47. The normalized spacial score (nSPS) is 12.3. The number of amides is 3. The standard InChI is InChI=1S/C42H80N4O15/c1-35(47)32-59-29-26-57-24-21-44-39(50)34-61-31-28-58-25-22-45-40(51)33-60-30-27-56-23-20-43-37(48)19-18-36(42(54)55)46-38(49)16-14-12-10-8-6-4-2-3-5-7-9-11-13-15-17-41(52)53/h36,38,41,46,49,52-53H,2-34H2,1H3,(H,43,48)(H,44,50)(H,45,51)(H,54,55). The number of aliphatic hydroxyl groups excluding tert-OH is 2. The Morgan fingerprint density at radius 3 is 1.20 bits per heavy atom. The van der Waals surface area contributed by atoms with Gasteiger partial charge in [-0.2, -0.15) is 0 Å². The fourth-order valence-electron chi connectivity index (χ4n) is 5.84. The van der Waals surface area contributed by atoms with Gasteiger partial charge in [0.1, 0.15) is 32.1 Å². The molecular formula is C42H80N4O15. The third kappa shape index (κ3) is 45.0.